The van der Waals surface area contributed by atoms with Crippen molar-refractivity contribution in [3.63, 3.8) is 0 Å². The molecule has 140 valence electrons. The van der Waals surface area contributed by atoms with Gasteiger partial charge in [-0.25, -0.2) is 4.98 Å². The SMILES string of the molecule is COc1ccc(CCN(C)C(=O)c2ccccc2-c2ncn[nH]2)cc1OC. The molecule has 0 radical (unpaired) electrons. The van der Waals surface area contributed by atoms with Gasteiger partial charge in [0, 0.05) is 19.2 Å². The van der Waals surface area contributed by atoms with Crippen LogP contribution in [0.2, 0.25) is 0 Å². The van der Waals surface area contributed by atoms with Crippen molar-refractivity contribution >= 4 is 5.91 Å². The van der Waals surface area contributed by atoms with Crippen LogP contribution in [-0.4, -0.2) is 53.8 Å². The third kappa shape index (κ3) is 4.08. The van der Waals surface area contributed by atoms with Crippen molar-refractivity contribution in [3.8, 4) is 22.9 Å². The fraction of sp³-hybridized carbons (Fsp3) is 0.250. The summed E-state index contributed by atoms with van der Waals surface area (Å²) in [5.74, 6) is 1.88. The Labute approximate surface area is 158 Å². The number of likely N-dealkylation sites (N-methyl/N-ethyl adjacent to an activating group) is 1. The number of H-pyrrole nitrogens is 1. The zero-order valence-corrected chi connectivity index (χ0v) is 15.6. The number of methoxy groups -OCH3 is 2. The maximum atomic E-state index is 12.9. The van der Waals surface area contributed by atoms with Crippen molar-refractivity contribution in [1.82, 2.24) is 20.1 Å². The molecular weight excluding hydrogens is 344 g/mol. The van der Waals surface area contributed by atoms with Crippen molar-refractivity contribution in [2.24, 2.45) is 0 Å². The molecule has 1 aromatic heterocycles. The number of ether oxygens (including phenoxy) is 2. The average Bonchev–Trinajstić information content (AvgIpc) is 3.25. The Morgan fingerprint density at radius 2 is 1.89 bits per heavy atom. The Kier molecular flexibility index (Phi) is 5.71. The highest BCUT2D eigenvalue weighted by atomic mass is 16.5. The molecule has 0 spiro atoms. The van der Waals surface area contributed by atoms with Gasteiger partial charge in [-0.05, 0) is 30.2 Å². The van der Waals surface area contributed by atoms with E-state index >= 15 is 0 Å². The van der Waals surface area contributed by atoms with Crippen LogP contribution in [-0.2, 0) is 6.42 Å². The van der Waals surface area contributed by atoms with E-state index in [1.54, 1.807) is 32.2 Å². The van der Waals surface area contributed by atoms with Gasteiger partial charge in [0.25, 0.3) is 5.91 Å². The van der Waals surface area contributed by atoms with Crippen LogP contribution in [0.5, 0.6) is 11.5 Å². The summed E-state index contributed by atoms with van der Waals surface area (Å²) in [5, 5.41) is 6.68. The highest BCUT2D eigenvalue weighted by Gasteiger charge is 2.18. The van der Waals surface area contributed by atoms with E-state index in [0.717, 1.165) is 11.1 Å². The van der Waals surface area contributed by atoms with Gasteiger partial charge in [0.15, 0.2) is 17.3 Å². The Morgan fingerprint density at radius 1 is 1.11 bits per heavy atom. The summed E-state index contributed by atoms with van der Waals surface area (Å²) in [4.78, 5) is 18.8. The molecule has 1 heterocycles. The van der Waals surface area contributed by atoms with Gasteiger partial charge in [-0.1, -0.05) is 24.3 Å². The van der Waals surface area contributed by atoms with Crippen molar-refractivity contribution in [2.45, 2.75) is 6.42 Å². The predicted molar refractivity (Wildman–Crippen MR) is 102 cm³/mol. The van der Waals surface area contributed by atoms with Crippen LogP contribution in [0.3, 0.4) is 0 Å². The molecule has 0 unspecified atom stereocenters. The highest BCUT2D eigenvalue weighted by molar-refractivity contribution is 5.99. The normalized spacial score (nSPS) is 10.5. The van der Waals surface area contributed by atoms with Gasteiger partial charge < -0.3 is 14.4 Å². The molecule has 2 aromatic carbocycles. The maximum absolute atomic E-state index is 12.9. The third-order valence-electron chi connectivity index (χ3n) is 4.36. The van der Waals surface area contributed by atoms with E-state index < -0.39 is 0 Å². The summed E-state index contributed by atoms with van der Waals surface area (Å²) in [6.07, 6.45) is 2.13. The monoisotopic (exact) mass is 366 g/mol. The van der Waals surface area contributed by atoms with E-state index in [9.17, 15) is 4.79 Å². The molecule has 1 N–H and O–H groups in total. The van der Waals surface area contributed by atoms with Crippen molar-refractivity contribution in [1.29, 1.82) is 0 Å². The minimum atomic E-state index is -0.0672. The maximum Gasteiger partial charge on any atom is 0.254 e. The first kappa shape index (κ1) is 18.4. The lowest BCUT2D eigenvalue weighted by Gasteiger charge is -2.19. The summed E-state index contributed by atoms with van der Waals surface area (Å²) in [6.45, 7) is 0.569. The molecule has 0 bridgehead atoms. The molecule has 0 aliphatic carbocycles. The molecule has 3 aromatic rings. The Balaban J connectivity index is 1.72. The summed E-state index contributed by atoms with van der Waals surface area (Å²) >= 11 is 0. The van der Waals surface area contributed by atoms with Gasteiger partial charge >= 0.3 is 0 Å². The Morgan fingerprint density at radius 3 is 2.59 bits per heavy atom. The van der Waals surface area contributed by atoms with Gasteiger partial charge in [0.05, 0.1) is 19.8 Å². The lowest BCUT2D eigenvalue weighted by atomic mass is 10.1. The standard InChI is InChI=1S/C20H22N4O3/c1-24(11-10-14-8-9-17(26-2)18(12-14)27-3)20(25)16-7-5-4-6-15(16)19-21-13-22-23-19/h4-9,12-13H,10-11H2,1-3H3,(H,21,22,23). The molecule has 7 nitrogen and oxygen atoms in total. The van der Waals surface area contributed by atoms with Crippen molar-refractivity contribution < 1.29 is 14.3 Å². The van der Waals surface area contributed by atoms with Gasteiger partial charge in [0.1, 0.15) is 6.33 Å². The van der Waals surface area contributed by atoms with E-state index in [1.807, 2.05) is 36.4 Å². The molecule has 0 atom stereocenters. The number of amides is 1. The van der Waals surface area contributed by atoms with E-state index in [-0.39, 0.29) is 5.91 Å². The molecule has 0 aliphatic heterocycles. The summed E-state index contributed by atoms with van der Waals surface area (Å²) in [5.41, 5.74) is 2.39. The number of nitrogens with zero attached hydrogens (tertiary/aromatic N) is 3. The second-order valence-corrected chi connectivity index (χ2v) is 6.05. The molecule has 0 aliphatic rings. The lowest BCUT2D eigenvalue weighted by Crippen LogP contribution is -2.29. The Hall–Kier alpha value is -3.35. The quantitative estimate of drug-likeness (QED) is 0.695. The summed E-state index contributed by atoms with van der Waals surface area (Å²) in [7, 11) is 5.01. The fourth-order valence-corrected chi connectivity index (χ4v) is 2.85. The van der Waals surface area contributed by atoms with Crippen LogP contribution in [0.15, 0.2) is 48.8 Å². The number of aromatic nitrogens is 3. The average molecular weight is 366 g/mol. The van der Waals surface area contributed by atoms with E-state index in [0.29, 0.717) is 35.9 Å². The second-order valence-electron chi connectivity index (χ2n) is 6.05. The predicted octanol–water partition coefficient (Wildman–Crippen LogP) is 2.80. The van der Waals surface area contributed by atoms with E-state index in [1.165, 1.54) is 6.33 Å². The van der Waals surface area contributed by atoms with Crippen LogP contribution >= 0.6 is 0 Å². The number of nitrogens with one attached hydrogen (secondary N) is 1. The highest BCUT2D eigenvalue weighted by Crippen LogP contribution is 2.28. The smallest absolute Gasteiger partial charge is 0.254 e. The molecule has 0 fully saturated rings. The van der Waals surface area contributed by atoms with Crippen LogP contribution in [0.25, 0.3) is 11.4 Å². The van der Waals surface area contributed by atoms with Crippen LogP contribution in [0.1, 0.15) is 15.9 Å². The minimum absolute atomic E-state index is 0.0672. The minimum Gasteiger partial charge on any atom is -0.493 e. The molecule has 0 saturated carbocycles. The molecule has 1 amide bonds. The van der Waals surface area contributed by atoms with Crippen LogP contribution < -0.4 is 9.47 Å². The van der Waals surface area contributed by atoms with Crippen molar-refractivity contribution in [3.05, 3.63) is 59.9 Å². The zero-order valence-electron chi connectivity index (χ0n) is 15.6. The first-order valence-corrected chi connectivity index (χ1v) is 8.55. The first-order chi connectivity index (χ1) is 13.1. The number of carbonyl (C=O) groups is 1. The molecule has 3 rings (SSSR count). The molecule has 27 heavy (non-hydrogen) atoms. The van der Waals surface area contributed by atoms with Gasteiger partial charge in [-0.15, -0.1) is 0 Å². The number of carbonyl (C=O) groups excluding carboxylic acids is 1. The second kappa shape index (κ2) is 8.35. The van der Waals surface area contributed by atoms with Crippen LogP contribution in [0, 0.1) is 0 Å². The summed E-state index contributed by atoms with van der Waals surface area (Å²) < 4.78 is 10.6. The lowest BCUT2D eigenvalue weighted by molar-refractivity contribution is 0.0797. The molecule has 7 heteroatoms. The topological polar surface area (TPSA) is 80.3 Å². The van der Waals surface area contributed by atoms with Gasteiger partial charge in [-0.3, -0.25) is 9.89 Å². The number of hydrogen-bond donors (Lipinski definition) is 1. The van der Waals surface area contributed by atoms with Gasteiger partial charge in [-0.2, -0.15) is 5.10 Å². The van der Waals surface area contributed by atoms with Gasteiger partial charge in [0.2, 0.25) is 0 Å². The third-order valence-corrected chi connectivity index (χ3v) is 4.36. The molecular formula is C20H22N4O3. The summed E-state index contributed by atoms with van der Waals surface area (Å²) in [6, 6.07) is 13.1. The number of benzene rings is 2. The molecule has 0 saturated heterocycles. The van der Waals surface area contributed by atoms with E-state index in [2.05, 4.69) is 15.2 Å². The first-order valence-electron chi connectivity index (χ1n) is 8.55. The Bertz CT molecular complexity index is 909. The van der Waals surface area contributed by atoms with Crippen molar-refractivity contribution in [2.75, 3.05) is 27.8 Å². The zero-order chi connectivity index (χ0) is 19.2. The fourth-order valence-electron chi connectivity index (χ4n) is 2.85. The van der Waals surface area contributed by atoms with Crippen LogP contribution in [0.4, 0.5) is 0 Å². The number of hydrogen-bond acceptors (Lipinski definition) is 5. The van der Waals surface area contributed by atoms with E-state index in [4.69, 9.17) is 9.47 Å². The largest absolute Gasteiger partial charge is 0.493 e. The number of rotatable bonds is 7. The number of aromatic amines is 1.